The molecule has 21 heteroatoms. The van der Waals surface area contributed by atoms with E-state index in [1.807, 2.05) is 5.32 Å². The van der Waals surface area contributed by atoms with E-state index in [1.54, 1.807) is 48.5 Å². The van der Waals surface area contributed by atoms with Gasteiger partial charge >= 0.3 is 0 Å². The molecule has 15 nitrogen and oxygen atoms in total. The lowest BCUT2D eigenvalue weighted by atomic mass is 10.1. The summed E-state index contributed by atoms with van der Waals surface area (Å²) in [5.41, 5.74) is 1.87. The summed E-state index contributed by atoms with van der Waals surface area (Å²) >= 11 is 4.84. The standard InChI is InChI=1S/C35H32F5N9O6S/c36-23-24(37)26(39)28(27(40)25(23)38)48-35(56)42-10-9-41-21(51)11-16-1-5-18(6-2-16)46-22(52)12-17-3-7-19(8-4-17)47-32-29-33(44-14-43-32)49(15-45-29)34-31(54)30(53)20(13-50)55-34/h1-8,14-15,20,30-31,34,50,53-54H,9-13H2,(H,41,51)(H,46,52)(H2,42,48,56)(H,43,44,47)/t20-,30-,31-,34?/m1/s1. The summed E-state index contributed by atoms with van der Waals surface area (Å²) in [6.07, 6.45) is -1.84. The second-order valence-electron chi connectivity index (χ2n) is 12.4. The van der Waals surface area contributed by atoms with E-state index in [1.165, 1.54) is 17.2 Å². The highest BCUT2D eigenvalue weighted by atomic mass is 32.1. The Labute approximate surface area is 318 Å². The summed E-state index contributed by atoms with van der Waals surface area (Å²) in [5, 5.41) is 42.5. The zero-order chi connectivity index (χ0) is 40.1. The molecule has 3 heterocycles. The molecule has 5 aromatic rings. The van der Waals surface area contributed by atoms with Crippen LogP contribution < -0.4 is 26.6 Å². The average molecular weight is 802 g/mol. The van der Waals surface area contributed by atoms with Gasteiger partial charge in [0.05, 0.1) is 25.8 Å². The lowest BCUT2D eigenvalue weighted by Gasteiger charge is -2.16. The van der Waals surface area contributed by atoms with Crippen LogP contribution in [0.3, 0.4) is 0 Å². The number of imidazole rings is 1. The SMILES string of the molecule is O=C(Cc1ccc(NC(=O)Cc2ccc(Nc3ncnc4c3ncn4C3O[C@H](CO)[C@@H](O)[C@H]3O)cc2)cc1)NCCNC(=S)Nc1c(F)c(F)c(F)c(F)c1F. The van der Waals surface area contributed by atoms with Crippen molar-refractivity contribution in [3.8, 4) is 0 Å². The summed E-state index contributed by atoms with van der Waals surface area (Å²) in [5.74, 6) is -11.0. The first-order chi connectivity index (χ1) is 26.8. The van der Waals surface area contributed by atoms with Crippen LogP contribution in [0, 0.1) is 29.1 Å². The predicted octanol–water partition coefficient (Wildman–Crippen LogP) is 2.70. The number of aliphatic hydroxyl groups is 3. The maximum atomic E-state index is 13.8. The Morgan fingerprint density at radius 2 is 1.34 bits per heavy atom. The maximum Gasteiger partial charge on any atom is 0.228 e. The average Bonchev–Trinajstić information content (AvgIpc) is 3.75. The number of nitrogens with one attached hydrogen (secondary N) is 5. The van der Waals surface area contributed by atoms with E-state index < -0.39 is 71.0 Å². The number of halogens is 5. The molecule has 1 aliphatic heterocycles. The number of thiocarbonyl (C=S) groups is 1. The first-order valence-electron chi connectivity index (χ1n) is 16.7. The quantitative estimate of drug-likeness (QED) is 0.0284. The second kappa shape index (κ2) is 17.3. The lowest BCUT2D eigenvalue weighted by molar-refractivity contribution is -0.120. The van der Waals surface area contributed by atoms with Gasteiger partial charge in [0.25, 0.3) is 0 Å². The number of aromatic nitrogens is 4. The molecule has 56 heavy (non-hydrogen) atoms. The van der Waals surface area contributed by atoms with Crippen molar-refractivity contribution in [2.45, 2.75) is 37.4 Å². The molecule has 6 rings (SSSR count). The molecule has 8 N–H and O–H groups in total. The summed E-state index contributed by atoms with van der Waals surface area (Å²) in [7, 11) is 0. The molecule has 0 aliphatic carbocycles. The highest BCUT2D eigenvalue weighted by Gasteiger charge is 2.44. The topological polar surface area (TPSA) is 208 Å². The van der Waals surface area contributed by atoms with Gasteiger partial charge in [-0.1, -0.05) is 24.3 Å². The Balaban J connectivity index is 0.932. The van der Waals surface area contributed by atoms with E-state index in [0.717, 1.165) is 0 Å². The molecule has 0 spiro atoms. The summed E-state index contributed by atoms with van der Waals surface area (Å²) < 4.78 is 74.7. The predicted molar refractivity (Wildman–Crippen MR) is 194 cm³/mol. The van der Waals surface area contributed by atoms with Gasteiger partial charge in [0.2, 0.25) is 17.6 Å². The van der Waals surface area contributed by atoms with Crippen LogP contribution in [0.4, 0.5) is 44.8 Å². The molecule has 1 fully saturated rings. The number of fused-ring (bicyclic) bond motifs is 1. The minimum Gasteiger partial charge on any atom is -0.394 e. The summed E-state index contributed by atoms with van der Waals surface area (Å²) in [4.78, 5) is 38.0. The van der Waals surface area contributed by atoms with Gasteiger partial charge in [-0.2, -0.15) is 0 Å². The minimum atomic E-state index is -2.29. The van der Waals surface area contributed by atoms with E-state index >= 15 is 0 Å². The fraction of sp³-hybridized carbons (Fsp3) is 0.257. The van der Waals surface area contributed by atoms with Gasteiger partial charge in [-0.3, -0.25) is 14.2 Å². The third-order valence-electron chi connectivity index (χ3n) is 8.51. The molecule has 1 aliphatic rings. The highest BCUT2D eigenvalue weighted by Crippen LogP contribution is 2.33. The molecule has 0 bridgehead atoms. The molecule has 1 unspecified atom stereocenters. The number of aliphatic hydroxyl groups excluding tert-OH is 3. The van der Waals surface area contributed by atoms with Crippen LogP contribution in [0.15, 0.2) is 61.2 Å². The van der Waals surface area contributed by atoms with Gasteiger partial charge in [-0.05, 0) is 47.6 Å². The van der Waals surface area contributed by atoms with E-state index in [2.05, 4.69) is 36.2 Å². The number of ether oxygens (including phenoxy) is 1. The van der Waals surface area contributed by atoms with Gasteiger partial charge in [0.1, 0.15) is 30.3 Å². The fourth-order valence-electron chi connectivity index (χ4n) is 5.68. The zero-order valence-corrected chi connectivity index (χ0v) is 29.6. The molecule has 0 saturated carbocycles. The third-order valence-corrected chi connectivity index (χ3v) is 8.76. The second-order valence-corrected chi connectivity index (χ2v) is 12.8. The first-order valence-corrected chi connectivity index (χ1v) is 17.1. The number of nitrogens with zero attached hydrogens (tertiary/aromatic N) is 4. The number of anilines is 4. The highest BCUT2D eigenvalue weighted by molar-refractivity contribution is 7.80. The lowest BCUT2D eigenvalue weighted by Crippen LogP contribution is -2.37. The van der Waals surface area contributed by atoms with Crippen LogP contribution in [-0.2, 0) is 27.2 Å². The number of hydrogen-bond donors (Lipinski definition) is 8. The van der Waals surface area contributed by atoms with E-state index in [4.69, 9.17) is 17.0 Å². The first kappa shape index (κ1) is 39.8. The van der Waals surface area contributed by atoms with Crippen LogP contribution >= 0.6 is 12.2 Å². The van der Waals surface area contributed by atoms with Gasteiger partial charge < -0.3 is 46.6 Å². The molecular formula is C35H32F5N9O6S. The summed E-state index contributed by atoms with van der Waals surface area (Å²) in [6, 6.07) is 13.6. The zero-order valence-electron chi connectivity index (χ0n) is 28.8. The van der Waals surface area contributed by atoms with Crippen molar-refractivity contribution in [1.29, 1.82) is 0 Å². The van der Waals surface area contributed by atoms with E-state index in [0.29, 0.717) is 39.5 Å². The van der Waals surface area contributed by atoms with Crippen LogP contribution in [0.25, 0.3) is 11.2 Å². The molecule has 294 valence electrons. The van der Waals surface area contributed by atoms with E-state index in [9.17, 15) is 46.9 Å². The van der Waals surface area contributed by atoms with Crippen molar-refractivity contribution < 1.29 is 51.6 Å². The minimum absolute atomic E-state index is 0.0142. The summed E-state index contributed by atoms with van der Waals surface area (Å²) in [6.45, 7) is -0.490. The Kier molecular flexibility index (Phi) is 12.3. The van der Waals surface area contributed by atoms with Crippen molar-refractivity contribution in [1.82, 2.24) is 30.2 Å². The number of carbonyl (C=O) groups excluding carboxylic acids is 2. The molecule has 2 amide bonds. The van der Waals surface area contributed by atoms with Gasteiger partial charge in [-0.25, -0.2) is 36.9 Å². The van der Waals surface area contributed by atoms with E-state index in [-0.39, 0.29) is 37.7 Å². The third kappa shape index (κ3) is 8.81. The van der Waals surface area contributed by atoms with Crippen molar-refractivity contribution in [3.63, 3.8) is 0 Å². The number of benzene rings is 3. The molecule has 3 aromatic carbocycles. The Bertz CT molecular complexity index is 2220. The Morgan fingerprint density at radius 1 is 0.750 bits per heavy atom. The van der Waals surface area contributed by atoms with Gasteiger partial charge in [0, 0.05) is 24.5 Å². The van der Waals surface area contributed by atoms with Crippen LogP contribution in [0.5, 0.6) is 0 Å². The molecule has 0 radical (unpaired) electrons. The molecule has 4 atom stereocenters. The Morgan fingerprint density at radius 3 is 1.96 bits per heavy atom. The van der Waals surface area contributed by atoms with Crippen LogP contribution in [0.2, 0.25) is 0 Å². The number of amides is 2. The normalized spacial score (nSPS) is 17.8. The van der Waals surface area contributed by atoms with Crippen molar-refractivity contribution in [2.75, 3.05) is 35.6 Å². The fourth-order valence-corrected chi connectivity index (χ4v) is 5.88. The molecule has 2 aromatic heterocycles. The number of hydrogen-bond acceptors (Lipinski definition) is 11. The van der Waals surface area contributed by atoms with Crippen molar-refractivity contribution in [3.05, 3.63) is 101 Å². The van der Waals surface area contributed by atoms with Crippen molar-refractivity contribution >= 4 is 63.2 Å². The Hall–Kier alpha value is -5.87. The monoisotopic (exact) mass is 801 g/mol. The largest absolute Gasteiger partial charge is 0.394 e. The smallest absolute Gasteiger partial charge is 0.228 e. The number of rotatable bonds is 13. The number of carbonyl (C=O) groups is 2. The molecular weight excluding hydrogens is 769 g/mol. The van der Waals surface area contributed by atoms with Crippen LogP contribution in [0.1, 0.15) is 17.4 Å². The van der Waals surface area contributed by atoms with Crippen molar-refractivity contribution in [2.24, 2.45) is 0 Å². The van der Waals surface area contributed by atoms with Crippen LogP contribution in [-0.4, -0.2) is 89.8 Å². The van der Waals surface area contributed by atoms with Gasteiger partial charge in [0.15, 0.2) is 51.6 Å². The molecule has 1 saturated heterocycles. The maximum absolute atomic E-state index is 13.8. The van der Waals surface area contributed by atoms with Gasteiger partial charge in [-0.15, -0.1) is 0 Å².